The van der Waals surface area contributed by atoms with Gasteiger partial charge in [0.2, 0.25) is 10.0 Å². The standard InChI is InChI=1S/C18H20FNO3S/c1-2-13-5-3-8-17-14(9-10-23-18(13)17)12-20-24(21,22)16-7-4-6-15(19)11-16/h3-8,11,14,20H,2,9-10,12H2,1H3. The summed E-state index contributed by atoms with van der Waals surface area (Å²) in [6, 6.07) is 11.0. The first kappa shape index (κ1) is 16.9. The van der Waals surface area contributed by atoms with Gasteiger partial charge in [-0.05, 0) is 42.2 Å². The van der Waals surface area contributed by atoms with E-state index in [1.807, 2.05) is 18.2 Å². The summed E-state index contributed by atoms with van der Waals surface area (Å²) < 4.78 is 46.4. The van der Waals surface area contributed by atoms with Crippen LogP contribution in [-0.2, 0) is 16.4 Å². The van der Waals surface area contributed by atoms with Crippen molar-refractivity contribution < 1.29 is 17.5 Å². The quantitative estimate of drug-likeness (QED) is 0.902. The maximum absolute atomic E-state index is 13.3. The Morgan fingerprint density at radius 3 is 2.79 bits per heavy atom. The van der Waals surface area contributed by atoms with Gasteiger partial charge >= 0.3 is 0 Å². The minimum absolute atomic E-state index is 0.0450. The molecule has 1 unspecified atom stereocenters. The zero-order chi connectivity index (χ0) is 17.2. The second kappa shape index (κ2) is 6.91. The lowest BCUT2D eigenvalue weighted by Gasteiger charge is -2.27. The summed E-state index contributed by atoms with van der Waals surface area (Å²) >= 11 is 0. The fourth-order valence-electron chi connectivity index (χ4n) is 2.98. The third-order valence-corrected chi connectivity index (χ3v) is 5.71. The SMILES string of the molecule is CCc1cccc2c1OCCC2CNS(=O)(=O)c1cccc(F)c1. The number of para-hydroxylation sites is 1. The summed E-state index contributed by atoms with van der Waals surface area (Å²) in [7, 11) is -3.73. The van der Waals surface area contributed by atoms with Gasteiger partial charge in [0, 0.05) is 12.5 Å². The number of hydrogen-bond acceptors (Lipinski definition) is 3. The zero-order valence-corrected chi connectivity index (χ0v) is 14.3. The first-order valence-electron chi connectivity index (χ1n) is 8.01. The number of ether oxygens (including phenoxy) is 1. The molecule has 1 N–H and O–H groups in total. The second-order valence-corrected chi connectivity index (χ2v) is 7.60. The minimum atomic E-state index is -3.73. The molecular weight excluding hydrogens is 329 g/mol. The van der Waals surface area contributed by atoms with Crippen molar-refractivity contribution in [2.75, 3.05) is 13.2 Å². The van der Waals surface area contributed by atoms with E-state index >= 15 is 0 Å². The van der Waals surface area contributed by atoms with Gasteiger partial charge in [-0.25, -0.2) is 17.5 Å². The molecule has 0 amide bonds. The number of halogens is 1. The van der Waals surface area contributed by atoms with Crippen LogP contribution in [0.5, 0.6) is 5.75 Å². The highest BCUT2D eigenvalue weighted by molar-refractivity contribution is 7.89. The molecule has 0 spiro atoms. The Kier molecular flexibility index (Phi) is 4.87. The lowest BCUT2D eigenvalue weighted by Crippen LogP contribution is -2.31. The van der Waals surface area contributed by atoms with E-state index in [4.69, 9.17) is 4.74 Å². The van der Waals surface area contributed by atoms with Crippen LogP contribution in [0, 0.1) is 5.82 Å². The third-order valence-electron chi connectivity index (χ3n) is 4.29. The molecule has 1 aliphatic rings. The number of hydrogen-bond donors (Lipinski definition) is 1. The van der Waals surface area contributed by atoms with E-state index in [2.05, 4.69) is 11.6 Å². The number of rotatable bonds is 5. The summed E-state index contributed by atoms with van der Waals surface area (Å²) in [5.41, 5.74) is 2.16. The van der Waals surface area contributed by atoms with Gasteiger partial charge in [0.25, 0.3) is 0 Å². The van der Waals surface area contributed by atoms with Gasteiger partial charge < -0.3 is 4.74 Å². The fraction of sp³-hybridized carbons (Fsp3) is 0.333. The van der Waals surface area contributed by atoms with Gasteiger partial charge in [-0.15, -0.1) is 0 Å². The number of sulfonamides is 1. The molecule has 128 valence electrons. The summed E-state index contributed by atoms with van der Waals surface area (Å²) in [6.45, 7) is 2.90. The monoisotopic (exact) mass is 349 g/mol. The van der Waals surface area contributed by atoms with Crippen molar-refractivity contribution in [1.29, 1.82) is 0 Å². The van der Waals surface area contributed by atoms with E-state index < -0.39 is 15.8 Å². The first-order valence-corrected chi connectivity index (χ1v) is 9.49. The Morgan fingerprint density at radius 2 is 2.04 bits per heavy atom. The van der Waals surface area contributed by atoms with E-state index in [0.717, 1.165) is 35.8 Å². The summed E-state index contributed by atoms with van der Waals surface area (Å²) in [6.07, 6.45) is 1.61. The highest BCUT2D eigenvalue weighted by Crippen LogP contribution is 2.36. The number of aryl methyl sites for hydroxylation is 1. The molecule has 2 aromatic carbocycles. The molecule has 0 radical (unpaired) electrons. The lowest BCUT2D eigenvalue weighted by molar-refractivity contribution is 0.264. The minimum Gasteiger partial charge on any atom is -0.493 e. The van der Waals surface area contributed by atoms with E-state index in [0.29, 0.717) is 6.61 Å². The van der Waals surface area contributed by atoms with E-state index in [1.54, 1.807) is 0 Å². The largest absolute Gasteiger partial charge is 0.493 e. The van der Waals surface area contributed by atoms with Gasteiger partial charge in [-0.1, -0.05) is 31.2 Å². The topological polar surface area (TPSA) is 55.4 Å². The molecule has 24 heavy (non-hydrogen) atoms. The van der Waals surface area contributed by atoms with Gasteiger partial charge in [0.05, 0.1) is 11.5 Å². The summed E-state index contributed by atoms with van der Waals surface area (Å²) in [5.74, 6) is 0.353. The van der Waals surface area contributed by atoms with Crippen molar-refractivity contribution in [1.82, 2.24) is 4.72 Å². The highest BCUT2D eigenvalue weighted by Gasteiger charge is 2.25. The maximum Gasteiger partial charge on any atom is 0.240 e. The van der Waals surface area contributed by atoms with Crippen LogP contribution in [0.1, 0.15) is 30.4 Å². The smallest absolute Gasteiger partial charge is 0.240 e. The Labute approximate surface area is 141 Å². The molecule has 0 bridgehead atoms. The molecule has 0 aromatic heterocycles. The van der Waals surface area contributed by atoms with Gasteiger partial charge in [0.15, 0.2) is 0 Å². The number of nitrogens with one attached hydrogen (secondary N) is 1. The number of benzene rings is 2. The summed E-state index contributed by atoms with van der Waals surface area (Å²) in [5, 5.41) is 0. The highest BCUT2D eigenvalue weighted by atomic mass is 32.2. The molecule has 1 atom stereocenters. The molecule has 0 fully saturated rings. The van der Waals surface area contributed by atoms with Crippen molar-refractivity contribution in [3.8, 4) is 5.75 Å². The predicted octanol–water partition coefficient (Wildman–Crippen LogP) is 3.23. The van der Waals surface area contributed by atoms with Crippen molar-refractivity contribution in [3.63, 3.8) is 0 Å². The number of fused-ring (bicyclic) bond motifs is 1. The van der Waals surface area contributed by atoms with Crippen LogP contribution >= 0.6 is 0 Å². The molecule has 4 nitrogen and oxygen atoms in total. The van der Waals surface area contributed by atoms with Gasteiger partial charge in [-0.3, -0.25) is 0 Å². The molecule has 0 aliphatic carbocycles. The normalized spacial score (nSPS) is 17.2. The van der Waals surface area contributed by atoms with E-state index in [9.17, 15) is 12.8 Å². The fourth-order valence-corrected chi connectivity index (χ4v) is 4.09. The Balaban J connectivity index is 1.79. The molecule has 1 aliphatic heterocycles. The van der Waals surface area contributed by atoms with Crippen LogP contribution in [0.4, 0.5) is 4.39 Å². The molecule has 3 rings (SSSR count). The van der Waals surface area contributed by atoms with Crippen molar-refractivity contribution in [2.45, 2.75) is 30.6 Å². The van der Waals surface area contributed by atoms with Crippen LogP contribution in [0.25, 0.3) is 0 Å². The lowest BCUT2D eigenvalue weighted by atomic mass is 9.91. The molecule has 6 heteroatoms. The summed E-state index contributed by atoms with van der Waals surface area (Å²) in [4.78, 5) is -0.0582. The molecule has 1 heterocycles. The maximum atomic E-state index is 13.3. The Bertz CT molecular complexity index is 836. The van der Waals surface area contributed by atoms with Crippen molar-refractivity contribution in [3.05, 3.63) is 59.4 Å². The van der Waals surface area contributed by atoms with Crippen LogP contribution in [0.3, 0.4) is 0 Å². The van der Waals surface area contributed by atoms with E-state index in [-0.39, 0.29) is 17.4 Å². The average molecular weight is 349 g/mol. The molecule has 0 saturated carbocycles. The van der Waals surface area contributed by atoms with Crippen LogP contribution in [-0.4, -0.2) is 21.6 Å². The molecular formula is C18H20FNO3S. The molecule has 2 aromatic rings. The van der Waals surface area contributed by atoms with Crippen molar-refractivity contribution in [2.24, 2.45) is 0 Å². The second-order valence-electron chi connectivity index (χ2n) is 5.83. The zero-order valence-electron chi connectivity index (χ0n) is 13.5. The van der Waals surface area contributed by atoms with Gasteiger partial charge in [0.1, 0.15) is 11.6 Å². The van der Waals surface area contributed by atoms with E-state index in [1.165, 1.54) is 18.2 Å². The van der Waals surface area contributed by atoms with Crippen LogP contribution in [0.15, 0.2) is 47.4 Å². The Morgan fingerprint density at radius 1 is 1.25 bits per heavy atom. The van der Waals surface area contributed by atoms with Gasteiger partial charge in [-0.2, -0.15) is 0 Å². The average Bonchev–Trinajstić information content (AvgIpc) is 2.59. The molecule has 0 saturated heterocycles. The predicted molar refractivity (Wildman–Crippen MR) is 90.3 cm³/mol. The third kappa shape index (κ3) is 3.44. The Hall–Kier alpha value is -1.92. The van der Waals surface area contributed by atoms with Crippen molar-refractivity contribution >= 4 is 10.0 Å². The van der Waals surface area contributed by atoms with Crippen LogP contribution in [0.2, 0.25) is 0 Å². The van der Waals surface area contributed by atoms with Crippen LogP contribution < -0.4 is 9.46 Å². The first-order chi connectivity index (χ1) is 11.5.